The molecule has 0 spiro atoms. The number of aryl methyl sites for hydroxylation is 1. The van der Waals surface area contributed by atoms with E-state index in [-0.39, 0.29) is 23.3 Å². The lowest BCUT2D eigenvalue weighted by molar-refractivity contribution is 0.0646. The number of nitrogens with one attached hydrogen (secondary N) is 1. The second-order valence-electron chi connectivity index (χ2n) is 5.98. The van der Waals surface area contributed by atoms with E-state index in [1.165, 1.54) is 13.0 Å². The van der Waals surface area contributed by atoms with Gasteiger partial charge in [-0.2, -0.15) is 10.2 Å². The molecule has 24 heavy (non-hydrogen) atoms. The Morgan fingerprint density at radius 3 is 2.92 bits per heavy atom. The molecular weight excluding hydrogens is 310 g/mol. The van der Waals surface area contributed by atoms with Crippen LogP contribution >= 0.6 is 0 Å². The molecular formula is C16H21N5O3. The van der Waals surface area contributed by atoms with E-state index in [0.717, 1.165) is 11.3 Å². The number of Topliss-reactive ketones (excluding diaryl/α,β-unsaturated/α-hetero) is 1. The molecule has 1 unspecified atom stereocenters. The summed E-state index contributed by atoms with van der Waals surface area (Å²) in [6.45, 7) is 5.52. The zero-order valence-corrected chi connectivity index (χ0v) is 14.1. The van der Waals surface area contributed by atoms with Crippen molar-refractivity contribution in [2.75, 3.05) is 19.8 Å². The lowest BCUT2D eigenvalue weighted by atomic mass is 9.97. The highest BCUT2D eigenvalue weighted by Crippen LogP contribution is 2.28. The van der Waals surface area contributed by atoms with Crippen molar-refractivity contribution in [3.63, 3.8) is 0 Å². The molecule has 0 saturated carbocycles. The number of hydrogen-bond donors (Lipinski definition) is 1. The molecule has 2 aromatic heterocycles. The fourth-order valence-electron chi connectivity index (χ4n) is 2.97. The number of carbonyl (C=O) groups is 2. The van der Waals surface area contributed by atoms with Crippen LogP contribution in [0.3, 0.4) is 0 Å². The Balaban J connectivity index is 1.83. The highest BCUT2D eigenvalue weighted by atomic mass is 16.5. The molecule has 128 valence electrons. The summed E-state index contributed by atoms with van der Waals surface area (Å²) in [5.74, 6) is -0.312. The number of rotatable bonds is 5. The zero-order valence-electron chi connectivity index (χ0n) is 14.1. The minimum absolute atomic E-state index is 0.0362. The van der Waals surface area contributed by atoms with Crippen molar-refractivity contribution in [1.82, 2.24) is 24.9 Å². The molecule has 1 atom stereocenters. The van der Waals surface area contributed by atoms with E-state index in [1.807, 2.05) is 20.2 Å². The molecule has 8 nitrogen and oxygen atoms in total. The van der Waals surface area contributed by atoms with Gasteiger partial charge in [-0.05, 0) is 13.0 Å². The van der Waals surface area contributed by atoms with Gasteiger partial charge in [0.1, 0.15) is 11.4 Å². The topological polar surface area (TPSA) is 93.1 Å². The van der Waals surface area contributed by atoms with Gasteiger partial charge in [0, 0.05) is 51.3 Å². The van der Waals surface area contributed by atoms with Crippen LogP contribution < -0.4 is 0 Å². The van der Waals surface area contributed by atoms with Crippen molar-refractivity contribution in [2.45, 2.75) is 26.3 Å². The molecule has 0 radical (unpaired) electrons. The van der Waals surface area contributed by atoms with Gasteiger partial charge in [-0.25, -0.2) is 0 Å². The molecule has 8 heteroatoms. The normalized spacial score (nSPS) is 17.0. The van der Waals surface area contributed by atoms with Gasteiger partial charge >= 0.3 is 0 Å². The summed E-state index contributed by atoms with van der Waals surface area (Å²) in [4.78, 5) is 25.8. The van der Waals surface area contributed by atoms with E-state index in [9.17, 15) is 9.59 Å². The highest BCUT2D eigenvalue weighted by molar-refractivity contribution is 5.97. The Morgan fingerprint density at radius 2 is 2.25 bits per heavy atom. The van der Waals surface area contributed by atoms with Crippen LogP contribution in [-0.2, 0) is 18.3 Å². The Hall–Kier alpha value is -2.48. The highest BCUT2D eigenvalue weighted by Gasteiger charge is 2.32. The van der Waals surface area contributed by atoms with Crippen molar-refractivity contribution < 1.29 is 14.3 Å². The lowest BCUT2D eigenvalue weighted by Crippen LogP contribution is -2.39. The molecule has 1 amide bonds. The van der Waals surface area contributed by atoms with Crippen LogP contribution in [0.2, 0.25) is 0 Å². The number of nitrogens with zero attached hydrogens (tertiary/aromatic N) is 4. The molecule has 0 aromatic carbocycles. The average molecular weight is 331 g/mol. The predicted molar refractivity (Wildman–Crippen MR) is 85.8 cm³/mol. The third-order valence-corrected chi connectivity index (χ3v) is 4.11. The molecule has 0 aliphatic carbocycles. The van der Waals surface area contributed by atoms with Crippen LogP contribution in [0.5, 0.6) is 0 Å². The van der Waals surface area contributed by atoms with Crippen LogP contribution in [0.25, 0.3) is 0 Å². The van der Waals surface area contributed by atoms with Gasteiger partial charge in [-0.15, -0.1) is 0 Å². The Labute approximate surface area is 139 Å². The number of carbonyl (C=O) groups excluding carboxylic acids is 2. The SMILES string of the molecule is CCOCC1CN(C(=O)c2cc(C(C)=O)n[nH]2)Cc2cn(C)nc21. The Morgan fingerprint density at radius 1 is 1.46 bits per heavy atom. The largest absolute Gasteiger partial charge is 0.381 e. The standard InChI is InChI=1S/C16H21N5O3/c1-4-24-9-12-8-21(7-11-6-20(3)19-15(11)12)16(23)14-5-13(10(2)22)17-18-14/h5-6,12H,4,7-9H2,1-3H3,(H,17,18). The first-order chi connectivity index (χ1) is 11.5. The van der Waals surface area contributed by atoms with Crippen molar-refractivity contribution in [1.29, 1.82) is 0 Å². The van der Waals surface area contributed by atoms with E-state index in [4.69, 9.17) is 4.74 Å². The Kier molecular flexibility index (Phi) is 4.48. The van der Waals surface area contributed by atoms with Crippen molar-refractivity contribution >= 4 is 11.7 Å². The molecule has 0 bridgehead atoms. The molecule has 1 aliphatic rings. The van der Waals surface area contributed by atoms with E-state index in [0.29, 0.717) is 32.0 Å². The first-order valence-corrected chi connectivity index (χ1v) is 7.95. The maximum atomic E-state index is 12.7. The molecule has 1 N–H and O–H groups in total. The van der Waals surface area contributed by atoms with Gasteiger partial charge in [0.15, 0.2) is 5.78 Å². The summed E-state index contributed by atoms with van der Waals surface area (Å²) in [5, 5.41) is 11.1. The molecule has 0 saturated heterocycles. The lowest BCUT2D eigenvalue weighted by Gasteiger charge is -2.31. The molecule has 3 heterocycles. The molecule has 3 rings (SSSR count). The average Bonchev–Trinajstić information content (AvgIpc) is 3.17. The van der Waals surface area contributed by atoms with E-state index in [1.54, 1.807) is 9.58 Å². The summed E-state index contributed by atoms with van der Waals surface area (Å²) in [6.07, 6.45) is 1.93. The van der Waals surface area contributed by atoms with Crippen LogP contribution in [0.15, 0.2) is 12.3 Å². The number of hydrogen-bond acceptors (Lipinski definition) is 5. The number of aromatic amines is 1. The van der Waals surface area contributed by atoms with Gasteiger partial charge in [-0.3, -0.25) is 19.4 Å². The summed E-state index contributed by atoms with van der Waals surface area (Å²) in [7, 11) is 1.87. The molecule has 0 fully saturated rings. The summed E-state index contributed by atoms with van der Waals surface area (Å²) < 4.78 is 7.32. The van der Waals surface area contributed by atoms with Crippen molar-refractivity contribution in [3.05, 3.63) is 34.9 Å². The van der Waals surface area contributed by atoms with Crippen molar-refractivity contribution in [2.24, 2.45) is 7.05 Å². The number of ether oxygens (including phenoxy) is 1. The number of ketones is 1. The zero-order chi connectivity index (χ0) is 17.3. The monoisotopic (exact) mass is 331 g/mol. The number of aromatic nitrogens is 4. The second kappa shape index (κ2) is 6.56. The van der Waals surface area contributed by atoms with Crippen molar-refractivity contribution in [3.8, 4) is 0 Å². The third-order valence-electron chi connectivity index (χ3n) is 4.11. The number of amides is 1. The quantitative estimate of drug-likeness (QED) is 0.829. The van der Waals surface area contributed by atoms with Gasteiger partial charge < -0.3 is 9.64 Å². The summed E-state index contributed by atoms with van der Waals surface area (Å²) in [6, 6.07) is 1.50. The van der Waals surface area contributed by atoms with Gasteiger partial charge in [0.05, 0.1) is 12.3 Å². The Bertz CT molecular complexity index is 764. The minimum atomic E-state index is -0.175. The summed E-state index contributed by atoms with van der Waals surface area (Å²) >= 11 is 0. The van der Waals surface area contributed by atoms with Crippen LogP contribution in [0, 0.1) is 0 Å². The van der Waals surface area contributed by atoms with Crippen LogP contribution in [0.1, 0.15) is 52.0 Å². The van der Waals surface area contributed by atoms with Crippen LogP contribution in [-0.4, -0.2) is 56.3 Å². The van der Waals surface area contributed by atoms with Crippen LogP contribution in [0.4, 0.5) is 0 Å². The second-order valence-corrected chi connectivity index (χ2v) is 5.98. The number of H-pyrrole nitrogens is 1. The van der Waals surface area contributed by atoms with Gasteiger partial charge in [-0.1, -0.05) is 0 Å². The molecule has 1 aliphatic heterocycles. The fraction of sp³-hybridized carbons (Fsp3) is 0.500. The third kappa shape index (κ3) is 3.09. The number of fused-ring (bicyclic) bond motifs is 1. The smallest absolute Gasteiger partial charge is 0.272 e. The van der Waals surface area contributed by atoms with E-state index >= 15 is 0 Å². The minimum Gasteiger partial charge on any atom is -0.381 e. The maximum Gasteiger partial charge on any atom is 0.272 e. The maximum absolute atomic E-state index is 12.7. The first kappa shape index (κ1) is 16.4. The summed E-state index contributed by atoms with van der Waals surface area (Å²) in [5.41, 5.74) is 2.60. The first-order valence-electron chi connectivity index (χ1n) is 7.95. The van der Waals surface area contributed by atoms with Gasteiger partial charge in [0.2, 0.25) is 0 Å². The molecule has 2 aromatic rings. The predicted octanol–water partition coefficient (Wildman–Crippen LogP) is 1.12. The van der Waals surface area contributed by atoms with E-state index in [2.05, 4.69) is 15.3 Å². The van der Waals surface area contributed by atoms with Gasteiger partial charge in [0.25, 0.3) is 5.91 Å². The van der Waals surface area contributed by atoms with E-state index < -0.39 is 0 Å². The fourth-order valence-corrected chi connectivity index (χ4v) is 2.97.